The fraction of sp³-hybridized carbons (Fsp3) is 0.364. The molecule has 4 aromatic rings. The van der Waals surface area contributed by atoms with Gasteiger partial charge in [0.05, 0.1) is 10.2 Å². The quantitative estimate of drug-likeness (QED) is 0.511. The Kier molecular flexibility index (Phi) is 4.52. The van der Waals surface area contributed by atoms with Crippen molar-refractivity contribution in [1.29, 1.82) is 0 Å². The van der Waals surface area contributed by atoms with E-state index in [2.05, 4.69) is 32.0 Å². The number of hydrogen-bond donors (Lipinski definition) is 1. The first-order valence-electron chi connectivity index (χ1n) is 10.6. The summed E-state index contributed by atoms with van der Waals surface area (Å²) < 4.78 is 29.2. The average molecular weight is 454 g/mol. The molecule has 0 atom stereocenters. The van der Waals surface area contributed by atoms with Crippen molar-refractivity contribution in [1.82, 2.24) is 19.3 Å². The van der Waals surface area contributed by atoms with E-state index < -0.39 is 10.0 Å². The highest BCUT2D eigenvalue weighted by atomic mass is 32.2. The van der Waals surface area contributed by atoms with Crippen LogP contribution in [0.3, 0.4) is 0 Å². The molecule has 0 aliphatic carbocycles. The molecular formula is C22H23N5O2S2. The summed E-state index contributed by atoms with van der Waals surface area (Å²) in [6.45, 7) is 2.21. The largest absolute Gasteiger partial charge is 0.346 e. The SMILES string of the molecule is O=S(=O)(C1CN(c2nc3ccccc3s2)C1)N1CCC(c2c[nH]c3ncccc23)CC1. The molecule has 2 aliphatic heterocycles. The molecule has 1 N–H and O–H groups in total. The van der Waals surface area contributed by atoms with E-state index in [1.54, 1.807) is 21.8 Å². The number of piperidine rings is 1. The summed E-state index contributed by atoms with van der Waals surface area (Å²) >= 11 is 1.63. The molecule has 0 saturated carbocycles. The van der Waals surface area contributed by atoms with Crippen LogP contribution in [0.2, 0.25) is 0 Å². The first-order chi connectivity index (χ1) is 15.1. The topological polar surface area (TPSA) is 82.2 Å². The number of nitrogens with one attached hydrogen (secondary N) is 1. The molecule has 160 valence electrons. The van der Waals surface area contributed by atoms with Gasteiger partial charge in [-0.1, -0.05) is 23.5 Å². The fourth-order valence-corrected chi connectivity index (χ4v) is 7.59. The minimum atomic E-state index is -3.28. The van der Waals surface area contributed by atoms with Gasteiger partial charge in [0.25, 0.3) is 0 Å². The Morgan fingerprint density at radius 3 is 2.68 bits per heavy atom. The molecule has 0 bridgehead atoms. The van der Waals surface area contributed by atoms with E-state index in [9.17, 15) is 8.42 Å². The van der Waals surface area contributed by atoms with Gasteiger partial charge in [0.15, 0.2) is 5.13 Å². The molecule has 6 rings (SSSR count). The molecule has 31 heavy (non-hydrogen) atoms. The van der Waals surface area contributed by atoms with Gasteiger partial charge >= 0.3 is 0 Å². The van der Waals surface area contributed by atoms with Crippen LogP contribution in [0.1, 0.15) is 24.3 Å². The van der Waals surface area contributed by atoms with Crippen molar-refractivity contribution in [2.75, 3.05) is 31.1 Å². The molecule has 7 nitrogen and oxygen atoms in total. The van der Waals surface area contributed by atoms with Crippen LogP contribution in [-0.2, 0) is 10.0 Å². The van der Waals surface area contributed by atoms with Gasteiger partial charge in [0, 0.05) is 44.0 Å². The molecular weight excluding hydrogens is 430 g/mol. The first kappa shape index (κ1) is 19.2. The van der Waals surface area contributed by atoms with Crippen molar-refractivity contribution in [2.24, 2.45) is 0 Å². The highest BCUT2D eigenvalue weighted by Gasteiger charge is 2.43. The molecule has 2 aliphatic rings. The third kappa shape index (κ3) is 3.22. The van der Waals surface area contributed by atoms with Gasteiger partial charge in [-0.2, -0.15) is 0 Å². The number of nitrogens with zero attached hydrogens (tertiary/aromatic N) is 4. The number of fused-ring (bicyclic) bond motifs is 2. The monoisotopic (exact) mass is 453 g/mol. The Bertz CT molecular complexity index is 1320. The first-order valence-corrected chi connectivity index (χ1v) is 12.9. The van der Waals surface area contributed by atoms with E-state index in [1.807, 2.05) is 30.5 Å². The van der Waals surface area contributed by atoms with Gasteiger partial charge in [-0.15, -0.1) is 0 Å². The van der Waals surface area contributed by atoms with E-state index >= 15 is 0 Å². The van der Waals surface area contributed by atoms with Crippen molar-refractivity contribution in [3.8, 4) is 0 Å². The highest BCUT2D eigenvalue weighted by Crippen LogP contribution is 2.36. The van der Waals surface area contributed by atoms with Crippen LogP contribution in [0.15, 0.2) is 48.8 Å². The van der Waals surface area contributed by atoms with E-state index in [4.69, 9.17) is 0 Å². The lowest BCUT2D eigenvalue weighted by Gasteiger charge is -2.42. The third-order valence-electron chi connectivity index (χ3n) is 6.56. The standard InChI is InChI=1S/C22H23N5O2S2/c28-31(29,16-13-26(14-16)22-25-19-5-1-2-6-20(19)30-22)27-10-7-15(8-11-27)18-12-24-21-17(18)4-3-9-23-21/h1-6,9,12,15-16H,7-8,10-11,13-14H2,(H,23,24). The van der Waals surface area contributed by atoms with Gasteiger partial charge in [-0.25, -0.2) is 22.7 Å². The normalized spacial score (nSPS) is 19.3. The van der Waals surface area contributed by atoms with Crippen LogP contribution in [0, 0.1) is 0 Å². The minimum Gasteiger partial charge on any atom is -0.346 e. The lowest BCUT2D eigenvalue weighted by molar-refractivity contribution is 0.314. The van der Waals surface area contributed by atoms with Crippen LogP contribution in [0.4, 0.5) is 5.13 Å². The number of sulfonamides is 1. The maximum Gasteiger partial charge on any atom is 0.220 e. The summed E-state index contributed by atoms with van der Waals surface area (Å²) in [5.74, 6) is 0.366. The molecule has 2 fully saturated rings. The number of anilines is 1. The predicted octanol–water partition coefficient (Wildman–Crippen LogP) is 3.57. The van der Waals surface area contributed by atoms with E-state index in [-0.39, 0.29) is 5.25 Å². The smallest absolute Gasteiger partial charge is 0.220 e. The maximum absolute atomic E-state index is 13.2. The Labute approximate surface area is 184 Å². The number of hydrogen-bond acceptors (Lipinski definition) is 6. The highest BCUT2D eigenvalue weighted by molar-refractivity contribution is 7.89. The second kappa shape index (κ2) is 7.29. The molecule has 1 aromatic carbocycles. The van der Waals surface area contributed by atoms with Gasteiger partial charge in [-0.3, -0.25) is 0 Å². The zero-order chi connectivity index (χ0) is 21.0. The van der Waals surface area contributed by atoms with Crippen LogP contribution < -0.4 is 4.90 Å². The summed E-state index contributed by atoms with van der Waals surface area (Å²) in [5.41, 5.74) is 3.13. The number of thiazole rings is 1. The second-order valence-electron chi connectivity index (χ2n) is 8.35. The third-order valence-corrected chi connectivity index (χ3v) is 9.88. The van der Waals surface area contributed by atoms with E-state index in [0.29, 0.717) is 32.1 Å². The molecule has 0 radical (unpaired) electrons. The molecule has 0 spiro atoms. The lowest BCUT2D eigenvalue weighted by atomic mass is 9.90. The van der Waals surface area contributed by atoms with E-state index in [0.717, 1.165) is 39.2 Å². The fourth-order valence-electron chi connectivity index (χ4n) is 4.73. The lowest BCUT2D eigenvalue weighted by Crippen LogP contribution is -2.59. The summed E-state index contributed by atoms with van der Waals surface area (Å²) in [6, 6.07) is 12.1. The number of aromatic nitrogens is 3. The number of para-hydroxylation sites is 1. The second-order valence-corrected chi connectivity index (χ2v) is 11.6. The van der Waals surface area contributed by atoms with Crippen LogP contribution in [0.25, 0.3) is 21.3 Å². The number of pyridine rings is 1. The Hall–Kier alpha value is -2.49. The molecule has 0 amide bonds. The zero-order valence-electron chi connectivity index (χ0n) is 16.9. The van der Waals surface area contributed by atoms with Crippen molar-refractivity contribution < 1.29 is 8.42 Å². The summed E-state index contributed by atoms with van der Waals surface area (Å²) in [4.78, 5) is 14.3. The molecule has 9 heteroatoms. The van der Waals surface area contributed by atoms with Crippen molar-refractivity contribution in [2.45, 2.75) is 24.0 Å². The van der Waals surface area contributed by atoms with Gasteiger partial charge < -0.3 is 9.88 Å². The number of aromatic amines is 1. The Balaban J connectivity index is 1.11. The molecule has 5 heterocycles. The summed E-state index contributed by atoms with van der Waals surface area (Å²) in [6.07, 6.45) is 5.51. The Morgan fingerprint density at radius 2 is 1.87 bits per heavy atom. The summed E-state index contributed by atoms with van der Waals surface area (Å²) in [7, 11) is -3.28. The maximum atomic E-state index is 13.2. The summed E-state index contributed by atoms with van der Waals surface area (Å²) in [5, 5.41) is 1.72. The van der Waals surface area contributed by atoms with Crippen LogP contribution >= 0.6 is 11.3 Å². The minimum absolute atomic E-state index is 0.339. The number of rotatable bonds is 4. The van der Waals surface area contributed by atoms with Crippen molar-refractivity contribution in [3.63, 3.8) is 0 Å². The average Bonchev–Trinajstić information content (AvgIpc) is 3.37. The van der Waals surface area contributed by atoms with Crippen molar-refractivity contribution in [3.05, 3.63) is 54.4 Å². The zero-order valence-corrected chi connectivity index (χ0v) is 18.6. The molecule has 0 unspecified atom stereocenters. The number of H-pyrrole nitrogens is 1. The van der Waals surface area contributed by atoms with E-state index in [1.165, 1.54) is 5.56 Å². The van der Waals surface area contributed by atoms with Crippen molar-refractivity contribution >= 4 is 47.7 Å². The van der Waals surface area contributed by atoms with Crippen LogP contribution in [-0.4, -0.2) is 59.1 Å². The van der Waals surface area contributed by atoms with Gasteiger partial charge in [0.1, 0.15) is 10.9 Å². The van der Waals surface area contributed by atoms with Gasteiger partial charge in [0.2, 0.25) is 10.0 Å². The molecule has 3 aromatic heterocycles. The Morgan fingerprint density at radius 1 is 1.06 bits per heavy atom. The van der Waals surface area contributed by atoms with Gasteiger partial charge in [-0.05, 0) is 48.6 Å². The predicted molar refractivity (Wildman–Crippen MR) is 124 cm³/mol. The van der Waals surface area contributed by atoms with Crippen LogP contribution in [0.5, 0.6) is 0 Å². The number of benzene rings is 1. The molecule has 2 saturated heterocycles.